The number of allylic oxidation sites excluding steroid dienone is 3. The van der Waals surface area contributed by atoms with Crippen LogP contribution in [0.25, 0.3) is 0 Å². The molecular weight excluding hydrogens is 137 g/mol. The topological polar surface area (TPSA) is 26.0 Å². The first kappa shape index (κ1) is 16.5. The van der Waals surface area contributed by atoms with Gasteiger partial charge in [-0.3, -0.25) is 0 Å². The largest absolute Gasteiger partial charge is 1.00 e. The van der Waals surface area contributed by atoms with Gasteiger partial charge in [0.15, 0.2) is 0 Å². The van der Waals surface area contributed by atoms with E-state index < -0.39 is 0 Å². The third kappa shape index (κ3) is 27.8. The molecule has 9 heavy (non-hydrogen) atoms. The average molecular weight is 151 g/mol. The first-order valence-electron chi connectivity index (χ1n) is 2.82. The first-order chi connectivity index (χ1) is 3.91. The van der Waals surface area contributed by atoms with Crippen molar-refractivity contribution < 1.29 is 51.4 Å². The van der Waals surface area contributed by atoms with E-state index in [0.29, 0.717) is 0 Å². The van der Waals surface area contributed by atoms with Crippen LogP contribution in [0.2, 0.25) is 0 Å². The number of rotatable bonds is 1. The van der Waals surface area contributed by atoms with Crippen molar-refractivity contribution in [2.45, 2.75) is 20.8 Å². The van der Waals surface area contributed by atoms with Gasteiger partial charge in [0.1, 0.15) is 0 Å². The molecule has 0 saturated heterocycles. The summed E-state index contributed by atoms with van der Waals surface area (Å²) >= 11 is 0. The van der Waals surface area contributed by atoms with Gasteiger partial charge >= 0.3 is 51.4 Å². The molecular formula is C7H14KN. The zero-order chi connectivity index (χ0) is 6.83. The Labute approximate surface area is 101 Å². The van der Waals surface area contributed by atoms with Crippen molar-refractivity contribution in [3.8, 4) is 0 Å². The third-order valence-electron chi connectivity index (χ3n) is 0.359. The fraction of sp³-hybridized carbons (Fsp3) is 0.429. The summed E-state index contributed by atoms with van der Waals surface area (Å²) in [5.74, 6) is 0. The van der Waals surface area contributed by atoms with Gasteiger partial charge in [-0.25, -0.2) is 18.2 Å². The third-order valence-corrected chi connectivity index (χ3v) is 0.359. The Balaban J connectivity index is -0.000000109. The summed E-state index contributed by atoms with van der Waals surface area (Å²) in [6.07, 6.45) is 7.66. The summed E-state index contributed by atoms with van der Waals surface area (Å²) in [6, 6.07) is 0. The van der Waals surface area contributed by atoms with Gasteiger partial charge in [0.2, 0.25) is 0 Å². The smallest absolute Gasteiger partial charge is 0.421 e. The van der Waals surface area contributed by atoms with E-state index in [1.807, 2.05) is 26.8 Å². The molecule has 48 valence electrons. The summed E-state index contributed by atoms with van der Waals surface area (Å²) in [7, 11) is 0. The monoisotopic (exact) mass is 151 g/mol. The standard InChI is InChI=1S/C5H8N.C2H6.K/c1-2-3-4-5-6;1-2;/h2-3,5H,6H2,1H3;1-2H3;/q-1;;+1/b3-2-;;. The maximum Gasteiger partial charge on any atom is 1.00 e. The van der Waals surface area contributed by atoms with Gasteiger partial charge in [0.25, 0.3) is 0 Å². The van der Waals surface area contributed by atoms with E-state index in [-0.39, 0.29) is 51.4 Å². The summed E-state index contributed by atoms with van der Waals surface area (Å²) in [6.45, 7) is 5.91. The molecule has 0 amide bonds. The zero-order valence-electron chi connectivity index (χ0n) is 6.81. The van der Waals surface area contributed by atoms with Crippen LogP contribution in [0, 0.1) is 6.08 Å². The van der Waals surface area contributed by atoms with Crippen LogP contribution < -0.4 is 57.1 Å². The van der Waals surface area contributed by atoms with Gasteiger partial charge in [-0.05, 0) is 0 Å². The van der Waals surface area contributed by atoms with E-state index in [1.54, 1.807) is 6.08 Å². The van der Waals surface area contributed by atoms with E-state index in [2.05, 4.69) is 6.08 Å². The number of hydrogen-bond donors (Lipinski definition) is 1. The van der Waals surface area contributed by atoms with Gasteiger partial charge in [-0.1, -0.05) is 20.0 Å². The van der Waals surface area contributed by atoms with E-state index in [0.717, 1.165) is 0 Å². The molecule has 0 spiro atoms. The van der Waals surface area contributed by atoms with Gasteiger partial charge in [-0.15, -0.1) is 6.92 Å². The molecule has 0 heterocycles. The second kappa shape index (κ2) is 23.1. The van der Waals surface area contributed by atoms with Crippen LogP contribution in [-0.4, -0.2) is 0 Å². The molecule has 0 bridgehead atoms. The van der Waals surface area contributed by atoms with Crippen molar-refractivity contribution in [1.82, 2.24) is 0 Å². The second-order valence-corrected chi connectivity index (χ2v) is 0.833. The first-order valence-corrected chi connectivity index (χ1v) is 2.82. The predicted molar refractivity (Wildman–Crippen MR) is 38.2 cm³/mol. The van der Waals surface area contributed by atoms with E-state index in [1.165, 1.54) is 6.20 Å². The predicted octanol–water partition coefficient (Wildman–Crippen LogP) is -1.13. The van der Waals surface area contributed by atoms with Gasteiger partial charge in [0, 0.05) is 0 Å². The normalized spacial score (nSPS) is 8.33. The summed E-state index contributed by atoms with van der Waals surface area (Å²) < 4.78 is 0. The van der Waals surface area contributed by atoms with Crippen molar-refractivity contribution >= 4 is 0 Å². The van der Waals surface area contributed by atoms with Crippen molar-refractivity contribution in [3.63, 3.8) is 0 Å². The van der Waals surface area contributed by atoms with Crippen molar-refractivity contribution in [2.24, 2.45) is 5.73 Å². The van der Waals surface area contributed by atoms with Crippen LogP contribution >= 0.6 is 0 Å². The molecule has 0 aliphatic rings. The minimum atomic E-state index is 0. The molecule has 0 radical (unpaired) electrons. The molecule has 0 aromatic rings. The minimum absolute atomic E-state index is 0. The Morgan fingerprint density at radius 1 is 1.33 bits per heavy atom. The van der Waals surface area contributed by atoms with Crippen LogP contribution in [0.4, 0.5) is 0 Å². The van der Waals surface area contributed by atoms with E-state index >= 15 is 0 Å². The van der Waals surface area contributed by atoms with Crippen LogP contribution in [0.5, 0.6) is 0 Å². The van der Waals surface area contributed by atoms with Gasteiger partial charge < -0.3 is 5.73 Å². The number of nitrogens with two attached hydrogens (primary N) is 1. The quantitative estimate of drug-likeness (QED) is 0.286. The van der Waals surface area contributed by atoms with Gasteiger partial charge in [-0.2, -0.15) is 0 Å². The Hall–Kier alpha value is 0.916. The van der Waals surface area contributed by atoms with Crippen LogP contribution in [0.15, 0.2) is 18.4 Å². The van der Waals surface area contributed by atoms with Crippen LogP contribution in [0.3, 0.4) is 0 Å². The summed E-state index contributed by atoms with van der Waals surface area (Å²) in [5, 5.41) is 0. The van der Waals surface area contributed by atoms with E-state index in [4.69, 9.17) is 5.73 Å². The van der Waals surface area contributed by atoms with Crippen LogP contribution in [0.1, 0.15) is 20.8 Å². The van der Waals surface area contributed by atoms with Crippen molar-refractivity contribution in [3.05, 3.63) is 24.4 Å². The molecule has 0 atom stereocenters. The average Bonchev–Trinajstić information content (AvgIpc) is 1.88. The Morgan fingerprint density at radius 2 is 1.78 bits per heavy atom. The summed E-state index contributed by atoms with van der Waals surface area (Å²) in [5.41, 5.74) is 4.93. The number of hydrogen-bond acceptors (Lipinski definition) is 1. The molecule has 0 aliphatic heterocycles. The summed E-state index contributed by atoms with van der Waals surface area (Å²) in [4.78, 5) is 0. The Bertz CT molecular complexity index is 57.3. The minimum Gasteiger partial charge on any atom is -0.421 e. The molecule has 0 aliphatic carbocycles. The second-order valence-electron chi connectivity index (χ2n) is 0.833. The molecule has 0 rings (SSSR count). The molecule has 0 aromatic heterocycles. The van der Waals surface area contributed by atoms with Crippen molar-refractivity contribution in [1.29, 1.82) is 0 Å². The Morgan fingerprint density at radius 3 is 1.89 bits per heavy atom. The van der Waals surface area contributed by atoms with Gasteiger partial charge in [0.05, 0.1) is 0 Å². The molecule has 1 nitrogen and oxygen atoms in total. The molecule has 2 heteroatoms. The Kier molecular flexibility index (Phi) is 42.3. The molecule has 0 fully saturated rings. The van der Waals surface area contributed by atoms with Crippen molar-refractivity contribution in [2.75, 3.05) is 0 Å². The zero-order valence-corrected chi connectivity index (χ0v) is 9.93. The fourth-order valence-electron chi connectivity index (χ4n) is 0.152. The van der Waals surface area contributed by atoms with E-state index in [9.17, 15) is 0 Å². The SMILES string of the molecule is C/C=C\[C-]=CN.CC.[K+]. The molecule has 0 saturated carbocycles. The molecule has 0 unspecified atom stereocenters. The van der Waals surface area contributed by atoms with Crippen LogP contribution in [-0.2, 0) is 0 Å². The molecule has 2 N–H and O–H groups in total. The molecule has 0 aromatic carbocycles. The maximum absolute atomic E-state index is 4.93. The fourth-order valence-corrected chi connectivity index (χ4v) is 0.152. The maximum atomic E-state index is 4.93.